The van der Waals surface area contributed by atoms with Crippen LogP contribution in [0.15, 0.2) is 30.3 Å². The second-order valence-electron chi connectivity index (χ2n) is 7.06. The molecule has 0 spiro atoms. The van der Waals surface area contributed by atoms with Gasteiger partial charge < -0.3 is 26.4 Å². The molecule has 1 fully saturated rings. The van der Waals surface area contributed by atoms with Crippen molar-refractivity contribution in [2.24, 2.45) is 5.73 Å². The predicted octanol–water partition coefficient (Wildman–Crippen LogP) is 3.32. The summed E-state index contributed by atoms with van der Waals surface area (Å²) < 4.78 is 14.4. The Morgan fingerprint density at radius 2 is 2.07 bits per heavy atom. The maximum atomic E-state index is 14.4. The van der Waals surface area contributed by atoms with Crippen molar-refractivity contribution in [3.63, 3.8) is 0 Å². The number of pyridine rings is 1. The van der Waals surface area contributed by atoms with Crippen molar-refractivity contribution in [2.75, 3.05) is 23.7 Å². The van der Waals surface area contributed by atoms with E-state index in [9.17, 15) is 19.1 Å². The average Bonchev–Trinajstić information content (AvgIpc) is 3.48. The molecule has 1 aliphatic rings. The summed E-state index contributed by atoms with van der Waals surface area (Å²) in [6.07, 6.45) is 1.34. The van der Waals surface area contributed by atoms with Gasteiger partial charge in [0.25, 0.3) is 5.91 Å². The minimum absolute atomic E-state index is 0.0292. The van der Waals surface area contributed by atoms with Gasteiger partial charge in [-0.1, -0.05) is 12.1 Å². The van der Waals surface area contributed by atoms with Gasteiger partial charge >= 0.3 is 6.09 Å². The van der Waals surface area contributed by atoms with Gasteiger partial charge in [0.15, 0.2) is 11.6 Å². The lowest BCUT2D eigenvalue weighted by atomic mass is 10.2. The fourth-order valence-corrected chi connectivity index (χ4v) is 3.03. The molecule has 0 atom stereocenters. The van der Waals surface area contributed by atoms with Crippen LogP contribution in [0.25, 0.3) is 0 Å². The molecule has 1 heterocycles. The normalized spacial score (nSPS) is 13.0. The summed E-state index contributed by atoms with van der Waals surface area (Å²) in [4.78, 5) is 28.5. The van der Waals surface area contributed by atoms with E-state index in [0.29, 0.717) is 25.2 Å². The van der Waals surface area contributed by atoms with E-state index >= 15 is 0 Å². The largest absolute Gasteiger partial charge is 0.465 e. The summed E-state index contributed by atoms with van der Waals surface area (Å²) in [6.45, 7) is 2.62. The van der Waals surface area contributed by atoms with E-state index in [-0.39, 0.29) is 23.2 Å². The van der Waals surface area contributed by atoms with Crippen LogP contribution < -0.4 is 16.4 Å². The lowest BCUT2D eigenvalue weighted by Gasteiger charge is -2.18. The summed E-state index contributed by atoms with van der Waals surface area (Å²) in [5.41, 5.74) is 7.01. The highest BCUT2D eigenvalue weighted by Gasteiger charge is 2.31. The fourth-order valence-electron chi connectivity index (χ4n) is 3.03. The van der Waals surface area contributed by atoms with E-state index in [0.717, 1.165) is 24.5 Å². The molecule has 8 nitrogen and oxygen atoms in total. The standard InChI is InChI=1S/C20H24FN5O3/c1-12-4-2-5-13(10-12)24-18-15(17(22)27)11-16(21)19(25-18)23-8-3-9-26(20(28)29)14-6-7-14/h2,4-5,10-11,14H,3,6-9H2,1H3,(H2,22,27)(H,28,29)(H2,23,24,25). The first kappa shape index (κ1) is 20.4. The zero-order valence-electron chi connectivity index (χ0n) is 16.1. The van der Waals surface area contributed by atoms with Gasteiger partial charge in [0.1, 0.15) is 5.82 Å². The van der Waals surface area contributed by atoms with Gasteiger partial charge in [-0.3, -0.25) is 4.79 Å². The van der Waals surface area contributed by atoms with Crippen LogP contribution in [0.4, 0.5) is 26.5 Å². The molecule has 0 radical (unpaired) electrons. The number of carbonyl (C=O) groups excluding carboxylic acids is 1. The molecule has 0 bridgehead atoms. The van der Waals surface area contributed by atoms with Crippen LogP contribution in [0.2, 0.25) is 0 Å². The molecule has 0 aliphatic heterocycles. The van der Waals surface area contributed by atoms with Gasteiger partial charge in [-0.25, -0.2) is 14.2 Å². The number of aryl methyl sites for hydroxylation is 1. The third-order valence-electron chi connectivity index (χ3n) is 4.62. The molecule has 1 saturated carbocycles. The molecule has 0 unspecified atom stereocenters. The molecule has 3 rings (SSSR count). The molecule has 154 valence electrons. The molecule has 2 amide bonds. The van der Waals surface area contributed by atoms with E-state index in [2.05, 4.69) is 15.6 Å². The molecule has 2 aromatic rings. The highest BCUT2D eigenvalue weighted by atomic mass is 19.1. The fraction of sp³-hybridized carbons (Fsp3) is 0.350. The van der Waals surface area contributed by atoms with Crippen LogP contribution in [-0.2, 0) is 0 Å². The topological polar surface area (TPSA) is 121 Å². The number of aromatic nitrogens is 1. The summed E-state index contributed by atoms with van der Waals surface area (Å²) in [6, 6.07) is 8.58. The molecule has 5 N–H and O–H groups in total. The third kappa shape index (κ3) is 5.34. The number of benzene rings is 1. The van der Waals surface area contributed by atoms with Crippen molar-refractivity contribution >= 4 is 29.3 Å². The molecular formula is C20H24FN5O3. The first-order valence-electron chi connectivity index (χ1n) is 9.42. The van der Waals surface area contributed by atoms with Crippen molar-refractivity contribution in [3.05, 3.63) is 47.3 Å². The second kappa shape index (κ2) is 8.76. The maximum Gasteiger partial charge on any atom is 0.407 e. The second-order valence-corrected chi connectivity index (χ2v) is 7.06. The predicted molar refractivity (Wildman–Crippen MR) is 108 cm³/mol. The number of halogens is 1. The minimum Gasteiger partial charge on any atom is -0.465 e. The first-order valence-corrected chi connectivity index (χ1v) is 9.42. The molecular weight excluding hydrogens is 377 g/mol. The number of nitrogens with one attached hydrogen (secondary N) is 2. The molecule has 1 aliphatic carbocycles. The quantitative estimate of drug-likeness (QED) is 0.479. The summed E-state index contributed by atoms with van der Waals surface area (Å²) in [5, 5.41) is 15.1. The highest BCUT2D eigenvalue weighted by Crippen LogP contribution is 2.27. The molecule has 29 heavy (non-hydrogen) atoms. The van der Waals surface area contributed by atoms with Gasteiger partial charge in [-0.2, -0.15) is 0 Å². The monoisotopic (exact) mass is 401 g/mol. The summed E-state index contributed by atoms with van der Waals surface area (Å²) in [7, 11) is 0. The average molecular weight is 401 g/mol. The Kier molecular flexibility index (Phi) is 6.16. The zero-order valence-corrected chi connectivity index (χ0v) is 16.1. The Bertz CT molecular complexity index is 917. The molecule has 9 heteroatoms. The Hall–Kier alpha value is -3.36. The van der Waals surface area contributed by atoms with Crippen molar-refractivity contribution in [1.82, 2.24) is 9.88 Å². The zero-order chi connectivity index (χ0) is 21.0. The van der Waals surface area contributed by atoms with Gasteiger partial charge in [0.05, 0.1) is 5.56 Å². The number of hydrogen-bond donors (Lipinski definition) is 4. The Balaban J connectivity index is 1.69. The van der Waals surface area contributed by atoms with E-state index in [1.807, 2.05) is 25.1 Å². The summed E-state index contributed by atoms with van der Waals surface area (Å²) in [5.74, 6) is -1.37. The van der Waals surface area contributed by atoms with Crippen LogP contribution in [-0.4, -0.2) is 46.1 Å². The van der Waals surface area contributed by atoms with Crippen molar-refractivity contribution < 1.29 is 19.1 Å². The van der Waals surface area contributed by atoms with E-state index in [1.165, 1.54) is 4.90 Å². The Morgan fingerprint density at radius 1 is 1.31 bits per heavy atom. The van der Waals surface area contributed by atoms with E-state index < -0.39 is 17.8 Å². The van der Waals surface area contributed by atoms with Crippen LogP contribution in [0.5, 0.6) is 0 Å². The lowest BCUT2D eigenvalue weighted by molar-refractivity contribution is 0.1000. The van der Waals surface area contributed by atoms with Gasteiger partial charge in [-0.15, -0.1) is 0 Å². The van der Waals surface area contributed by atoms with Crippen molar-refractivity contribution in [1.29, 1.82) is 0 Å². The van der Waals surface area contributed by atoms with E-state index in [4.69, 9.17) is 5.73 Å². The van der Waals surface area contributed by atoms with Gasteiger partial charge in [0, 0.05) is 24.8 Å². The molecule has 1 aromatic heterocycles. The van der Waals surface area contributed by atoms with Crippen LogP contribution in [0, 0.1) is 12.7 Å². The Morgan fingerprint density at radius 3 is 2.69 bits per heavy atom. The van der Waals surface area contributed by atoms with Crippen molar-refractivity contribution in [3.8, 4) is 0 Å². The number of amides is 2. The number of nitrogens with two attached hydrogens (primary N) is 1. The number of nitrogens with zero attached hydrogens (tertiary/aromatic N) is 2. The van der Waals surface area contributed by atoms with Crippen LogP contribution in [0.3, 0.4) is 0 Å². The smallest absolute Gasteiger partial charge is 0.407 e. The maximum absolute atomic E-state index is 14.4. The highest BCUT2D eigenvalue weighted by molar-refractivity contribution is 5.98. The third-order valence-corrected chi connectivity index (χ3v) is 4.62. The number of anilines is 3. The number of hydrogen-bond acceptors (Lipinski definition) is 5. The molecule has 0 saturated heterocycles. The first-order chi connectivity index (χ1) is 13.8. The van der Waals surface area contributed by atoms with E-state index in [1.54, 1.807) is 6.07 Å². The lowest BCUT2D eigenvalue weighted by Crippen LogP contribution is -2.33. The van der Waals surface area contributed by atoms with Crippen LogP contribution >= 0.6 is 0 Å². The van der Waals surface area contributed by atoms with Gasteiger partial charge in [0.2, 0.25) is 0 Å². The SMILES string of the molecule is Cc1cccc(Nc2nc(NCCCN(C(=O)O)C3CC3)c(F)cc2C(N)=O)c1. The van der Waals surface area contributed by atoms with Crippen LogP contribution in [0.1, 0.15) is 35.2 Å². The number of carboxylic acid groups (broad SMARTS) is 1. The van der Waals surface area contributed by atoms with Crippen molar-refractivity contribution in [2.45, 2.75) is 32.2 Å². The number of rotatable bonds is 9. The summed E-state index contributed by atoms with van der Waals surface area (Å²) >= 11 is 0. The number of primary amides is 1. The Labute approximate surface area is 167 Å². The molecule has 1 aromatic carbocycles. The van der Waals surface area contributed by atoms with Gasteiger partial charge in [-0.05, 0) is 49.9 Å². The minimum atomic E-state index is -0.938. The number of carbonyl (C=O) groups is 2.